The van der Waals surface area contributed by atoms with Crippen molar-refractivity contribution < 1.29 is 14.6 Å². The van der Waals surface area contributed by atoms with E-state index in [1.807, 2.05) is 84.9 Å². The van der Waals surface area contributed by atoms with E-state index in [9.17, 15) is 9.90 Å². The van der Waals surface area contributed by atoms with Gasteiger partial charge < -0.3 is 20.9 Å². The first-order chi connectivity index (χ1) is 15.6. The van der Waals surface area contributed by atoms with Gasteiger partial charge in [0.25, 0.3) is 0 Å². The maximum Gasteiger partial charge on any atom is 0.226 e. The summed E-state index contributed by atoms with van der Waals surface area (Å²) in [5, 5.41) is 17.1. The molecule has 0 saturated heterocycles. The summed E-state index contributed by atoms with van der Waals surface area (Å²) in [4.78, 5) is 13.0. The van der Waals surface area contributed by atoms with Crippen molar-refractivity contribution in [2.75, 3.05) is 7.11 Å². The Morgan fingerprint density at radius 2 is 1.44 bits per heavy atom. The average Bonchev–Trinajstić information content (AvgIpc) is 2.85. The fraction of sp³-hybridized carbons (Fsp3) is 0.269. The van der Waals surface area contributed by atoms with Crippen LogP contribution in [0.3, 0.4) is 0 Å². The van der Waals surface area contributed by atoms with Crippen molar-refractivity contribution in [2.24, 2.45) is 11.7 Å². The second-order valence-corrected chi connectivity index (χ2v) is 7.74. The van der Waals surface area contributed by atoms with Crippen LogP contribution in [0.25, 0.3) is 0 Å². The second kappa shape index (κ2) is 12.0. The minimum Gasteiger partial charge on any atom is -0.497 e. The van der Waals surface area contributed by atoms with Crippen LogP contribution in [-0.4, -0.2) is 30.4 Å². The van der Waals surface area contributed by atoms with Gasteiger partial charge in [-0.3, -0.25) is 10.1 Å². The van der Waals surface area contributed by atoms with Gasteiger partial charge in [-0.05, 0) is 35.2 Å². The van der Waals surface area contributed by atoms with E-state index in [-0.39, 0.29) is 5.91 Å². The van der Waals surface area contributed by atoms with E-state index < -0.39 is 18.2 Å². The molecule has 3 rings (SSSR count). The number of rotatable bonds is 11. The quantitative estimate of drug-likeness (QED) is 0.349. The molecule has 0 fully saturated rings. The fourth-order valence-corrected chi connectivity index (χ4v) is 3.50. The number of aliphatic hydroxyl groups excluding tert-OH is 1. The van der Waals surface area contributed by atoms with E-state index in [0.29, 0.717) is 19.5 Å². The van der Waals surface area contributed by atoms with Gasteiger partial charge >= 0.3 is 0 Å². The summed E-state index contributed by atoms with van der Waals surface area (Å²) < 4.78 is 5.17. The van der Waals surface area contributed by atoms with E-state index >= 15 is 0 Å². The van der Waals surface area contributed by atoms with Crippen LogP contribution in [0.5, 0.6) is 5.75 Å². The van der Waals surface area contributed by atoms with Crippen molar-refractivity contribution in [2.45, 2.75) is 31.8 Å². The van der Waals surface area contributed by atoms with Crippen molar-refractivity contribution in [3.8, 4) is 5.75 Å². The molecule has 0 saturated carbocycles. The molecule has 6 nitrogen and oxygen atoms in total. The van der Waals surface area contributed by atoms with Gasteiger partial charge in [0.15, 0.2) is 0 Å². The number of hydrogen-bond acceptors (Lipinski definition) is 5. The lowest BCUT2D eigenvalue weighted by Gasteiger charge is -2.28. The van der Waals surface area contributed by atoms with Gasteiger partial charge in [-0.2, -0.15) is 0 Å². The zero-order chi connectivity index (χ0) is 22.8. The number of aliphatic hydroxyl groups is 1. The Morgan fingerprint density at radius 1 is 0.875 bits per heavy atom. The van der Waals surface area contributed by atoms with Crippen LogP contribution < -0.4 is 21.1 Å². The molecule has 6 heteroatoms. The molecule has 0 aromatic heterocycles. The van der Waals surface area contributed by atoms with Crippen molar-refractivity contribution in [1.29, 1.82) is 0 Å². The summed E-state index contributed by atoms with van der Waals surface area (Å²) in [6, 6.07) is 26.9. The number of benzene rings is 3. The van der Waals surface area contributed by atoms with Gasteiger partial charge in [-0.25, -0.2) is 0 Å². The third kappa shape index (κ3) is 6.92. The lowest BCUT2D eigenvalue weighted by atomic mass is 9.91. The van der Waals surface area contributed by atoms with E-state index in [0.717, 1.165) is 22.4 Å². The van der Waals surface area contributed by atoms with Crippen molar-refractivity contribution >= 4 is 5.91 Å². The molecule has 3 unspecified atom stereocenters. The van der Waals surface area contributed by atoms with Crippen LogP contribution in [0.1, 0.15) is 16.7 Å². The lowest BCUT2D eigenvalue weighted by molar-refractivity contribution is -0.129. The highest BCUT2D eigenvalue weighted by Gasteiger charge is 2.31. The van der Waals surface area contributed by atoms with Crippen molar-refractivity contribution in [3.05, 3.63) is 102 Å². The number of nitrogens with one attached hydrogen (secondary N) is 2. The van der Waals surface area contributed by atoms with Crippen LogP contribution in [0.15, 0.2) is 84.9 Å². The van der Waals surface area contributed by atoms with Crippen LogP contribution in [-0.2, 0) is 24.3 Å². The maximum atomic E-state index is 13.0. The van der Waals surface area contributed by atoms with Gasteiger partial charge in [-0.1, -0.05) is 72.8 Å². The fourth-order valence-electron chi connectivity index (χ4n) is 3.50. The minimum absolute atomic E-state index is 0.230. The third-order valence-electron chi connectivity index (χ3n) is 5.43. The molecular formula is C26H31N3O3. The summed E-state index contributed by atoms with van der Waals surface area (Å²) in [6.07, 6.45) is -1.45. The molecule has 32 heavy (non-hydrogen) atoms. The summed E-state index contributed by atoms with van der Waals surface area (Å²) in [5.41, 5.74) is 9.22. The van der Waals surface area contributed by atoms with Crippen LogP contribution in [0, 0.1) is 5.92 Å². The van der Waals surface area contributed by atoms with Gasteiger partial charge in [-0.15, -0.1) is 0 Å². The topological polar surface area (TPSA) is 96.6 Å². The predicted molar refractivity (Wildman–Crippen MR) is 126 cm³/mol. The van der Waals surface area contributed by atoms with E-state index in [4.69, 9.17) is 10.5 Å². The Kier molecular flexibility index (Phi) is 8.80. The molecule has 0 aliphatic heterocycles. The highest BCUT2D eigenvalue weighted by atomic mass is 16.5. The number of hydrogen-bond donors (Lipinski definition) is 4. The van der Waals surface area contributed by atoms with E-state index in [1.54, 1.807) is 7.11 Å². The van der Waals surface area contributed by atoms with Crippen LogP contribution in [0.4, 0.5) is 0 Å². The third-order valence-corrected chi connectivity index (χ3v) is 5.43. The Bertz CT molecular complexity index is 949. The smallest absolute Gasteiger partial charge is 0.226 e. The Morgan fingerprint density at radius 3 is 2.03 bits per heavy atom. The number of ether oxygens (including phenoxy) is 1. The Balaban J connectivity index is 1.65. The highest BCUT2D eigenvalue weighted by molar-refractivity contribution is 5.79. The molecule has 3 atom stereocenters. The number of nitrogens with two attached hydrogens (primary N) is 1. The largest absolute Gasteiger partial charge is 0.497 e. The summed E-state index contributed by atoms with van der Waals surface area (Å²) >= 11 is 0. The van der Waals surface area contributed by atoms with Crippen molar-refractivity contribution in [3.63, 3.8) is 0 Å². The molecule has 0 heterocycles. The summed E-state index contributed by atoms with van der Waals surface area (Å²) in [6.45, 7) is 0.859. The highest BCUT2D eigenvalue weighted by Crippen LogP contribution is 2.16. The SMILES string of the molecule is COc1ccc(CNC(N)C(O)C(Cc2ccccc2)C(=O)NCc2ccccc2)cc1. The first-order valence-corrected chi connectivity index (χ1v) is 10.7. The van der Waals surface area contributed by atoms with Gasteiger partial charge in [0.1, 0.15) is 5.75 Å². The first kappa shape index (κ1) is 23.5. The van der Waals surface area contributed by atoms with Gasteiger partial charge in [0, 0.05) is 13.1 Å². The standard InChI is InChI=1S/C26H31N3O3/c1-32-22-14-12-21(13-15-22)17-28-25(27)24(30)23(16-19-8-4-2-5-9-19)26(31)29-18-20-10-6-3-7-11-20/h2-15,23-25,28,30H,16-18,27H2,1H3,(H,29,31). The molecule has 0 aliphatic rings. The minimum atomic E-state index is -1.07. The van der Waals surface area contributed by atoms with Crippen molar-refractivity contribution in [1.82, 2.24) is 10.6 Å². The molecule has 5 N–H and O–H groups in total. The Hall–Kier alpha value is -3.19. The predicted octanol–water partition coefficient (Wildman–Crippen LogP) is 2.61. The lowest BCUT2D eigenvalue weighted by Crippen LogP contribution is -2.53. The second-order valence-electron chi connectivity index (χ2n) is 7.74. The molecule has 1 amide bonds. The van der Waals surface area contributed by atoms with E-state index in [1.165, 1.54) is 0 Å². The molecule has 0 radical (unpaired) electrons. The average molecular weight is 434 g/mol. The summed E-state index contributed by atoms with van der Waals surface area (Å²) in [7, 11) is 1.62. The number of carbonyl (C=O) groups is 1. The zero-order valence-corrected chi connectivity index (χ0v) is 18.3. The molecule has 0 bridgehead atoms. The maximum absolute atomic E-state index is 13.0. The molecule has 168 valence electrons. The van der Waals surface area contributed by atoms with Crippen LogP contribution >= 0.6 is 0 Å². The Labute approximate surface area is 189 Å². The zero-order valence-electron chi connectivity index (χ0n) is 18.3. The molecule has 0 aliphatic carbocycles. The molecule has 3 aromatic carbocycles. The normalized spacial score (nSPS) is 13.7. The van der Waals surface area contributed by atoms with Gasteiger partial charge in [0.2, 0.25) is 5.91 Å². The number of carbonyl (C=O) groups excluding carboxylic acids is 1. The summed E-state index contributed by atoms with van der Waals surface area (Å²) in [5.74, 6) is -0.150. The van der Waals surface area contributed by atoms with E-state index in [2.05, 4.69) is 10.6 Å². The number of amides is 1. The molecule has 3 aromatic rings. The first-order valence-electron chi connectivity index (χ1n) is 10.7. The number of methoxy groups -OCH3 is 1. The molecule has 0 spiro atoms. The monoisotopic (exact) mass is 433 g/mol. The van der Waals surface area contributed by atoms with Gasteiger partial charge in [0.05, 0.1) is 25.3 Å². The van der Waals surface area contributed by atoms with Crippen LogP contribution in [0.2, 0.25) is 0 Å². The molecular weight excluding hydrogens is 402 g/mol.